The molecule has 1 amide bonds. The third-order valence-corrected chi connectivity index (χ3v) is 5.46. The van der Waals surface area contributed by atoms with E-state index in [1.54, 1.807) is 19.1 Å². The van der Waals surface area contributed by atoms with Gasteiger partial charge in [-0.2, -0.15) is 5.10 Å². The number of nitrogens with one attached hydrogen (secondary N) is 1. The summed E-state index contributed by atoms with van der Waals surface area (Å²) in [6.07, 6.45) is 2.60. The zero-order valence-corrected chi connectivity index (χ0v) is 16.7. The highest BCUT2D eigenvalue weighted by Crippen LogP contribution is 2.32. The molecule has 1 aromatic carbocycles. The Hall–Kier alpha value is -2.95. The van der Waals surface area contributed by atoms with Gasteiger partial charge in [-0.05, 0) is 25.8 Å². The van der Waals surface area contributed by atoms with Crippen molar-refractivity contribution in [1.82, 2.24) is 5.32 Å². The number of piperidine rings is 1. The van der Waals surface area contributed by atoms with E-state index in [-0.39, 0.29) is 23.5 Å². The van der Waals surface area contributed by atoms with Gasteiger partial charge in [-0.1, -0.05) is 17.8 Å². The fraction of sp³-hybridized carbons (Fsp3) is 0.444. The Morgan fingerprint density at radius 2 is 2.21 bits per heavy atom. The molecule has 2 aliphatic heterocycles. The van der Waals surface area contributed by atoms with Gasteiger partial charge in [-0.15, -0.1) is 5.10 Å². The van der Waals surface area contributed by atoms with Gasteiger partial charge < -0.3 is 15.0 Å². The Morgan fingerprint density at radius 3 is 2.83 bits per heavy atom. The fourth-order valence-electron chi connectivity index (χ4n) is 3.18. The molecule has 3 rings (SSSR count). The van der Waals surface area contributed by atoms with Gasteiger partial charge in [-0.25, -0.2) is 0 Å². The fourth-order valence-corrected chi connectivity index (χ4v) is 3.81. The van der Waals surface area contributed by atoms with Gasteiger partial charge in [0.1, 0.15) is 5.69 Å². The van der Waals surface area contributed by atoms with Gasteiger partial charge in [0, 0.05) is 24.7 Å². The lowest BCUT2D eigenvalue weighted by atomic mass is 9.96. The molecule has 2 heterocycles. The molecule has 0 spiro atoms. The summed E-state index contributed by atoms with van der Waals surface area (Å²) in [5.41, 5.74) is 1.01. The van der Waals surface area contributed by atoms with Crippen LogP contribution < -0.4 is 10.2 Å². The number of ether oxygens (including phenoxy) is 1. The van der Waals surface area contributed by atoms with Gasteiger partial charge in [0.15, 0.2) is 5.17 Å². The van der Waals surface area contributed by atoms with Crippen molar-refractivity contribution in [1.29, 1.82) is 0 Å². The van der Waals surface area contributed by atoms with E-state index in [0.717, 1.165) is 0 Å². The van der Waals surface area contributed by atoms with Crippen LogP contribution in [0.1, 0.15) is 25.3 Å². The molecule has 0 radical (unpaired) electrons. The van der Waals surface area contributed by atoms with Crippen LogP contribution in [0.3, 0.4) is 0 Å². The summed E-state index contributed by atoms with van der Waals surface area (Å²) < 4.78 is 5.06. The molecule has 1 N–H and O–H groups in total. The summed E-state index contributed by atoms with van der Waals surface area (Å²) in [6, 6.07) is 4.85. The standard InChI is InChI=1S/C18H21N5O5S/c1-2-28-17(25)13-5-7-22(8-6-13)14-4-3-12(9-15(14)23(26)27)10-19-21-18-20-16(24)11-29-18/h3-4,9-10,13H,2,5-8,11H2,1H3,(H,20,21,24). The first-order chi connectivity index (χ1) is 14.0. The number of amides is 1. The first-order valence-corrected chi connectivity index (χ1v) is 10.2. The van der Waals surface area contributed by atoms with Crippen molar-refractivity contribution in [3.63, 3.8) is 0 Å². The molecule has 0 saturated carbocycles. The second-order valence-corrected chi connectivity index (χ2v) is 7.47. The summed E-state index contributed by atoms with van der Waals surface area (Å²) in [5.74, 6) is -0.187. The molecular formula is C18H21N5O5S. The molecule has 0 aromatic heterocycles. The van der Waals surface area contributed by atoms with Gasteiger partial charge in [0.05, 0.1) is 29.4 Å². The van der Waals surface area contributed by atoms with Crippen molar-refractivity contribution in [2.75, 3.05) is 30.3 Å². The average molecular weight is 419 g/mol. The predicted octanol–water partition coefficient (Wildman–Crippen LogP) is 1.93. The zero-order valence-electron chi connectivity index (χ0n) is 15.9. The van der Waals surface area contributed by atoms with Crippen LogP contribution in [-0.4, -0.2) is 53.6 Å². The van der Waals surface area contributed by atoms with Crippen molar-refractivity contribution in [2.24, 2.45) is 16.1 Å². The second-order valence-electron chi connectivity index (χ2n) is 6.51. The average Bonchev–Trinajstić information content (AvgIpc) is 3.13. The van der Waals surface area contributed by atoms with Crippen molar-refractivity contribution in [2.45, 2.75) is 19.8 Å². The topological polar surface area (TPSA) is 126 Å². The van der Waals surface area contributed by atoms with Gasteiger partial charge in [-0.3, -0.25) is 19.7 Å². The maximum absolute atomic E-state index is 11.9. The summed E-state index contributed by atoms with van der Waals surface area (Å²) in [5, 5.41) is 22.3. The van der Waals surface area contributed by atoms with Crippen LogP contribution in [0.2, 0.25) is 0 Å². The number of amidine groups is 1. The largest absolute Gasteiger partial charge is 0.466 e. The number of esters is 1. The molecule has 154 valence electrons. The van der Waals surface area contributed by atoms with Crippen LogP contribution in [0.4, 0.5) is 11.4 Å². The number of hydrogen-bond acceptors (Lipinski definition) is 9. The third kappa shape index (κ3) is 5.31. The molecular weight excluding hydrogens is 398 g/mol. The molecule has 0 atom stereocenters. The number of carbonyl (C=O) groups is 2. The number of thioether (sulfide) groups is 1. The van der Waals surface area contributed by atoms with Gasteiger partial charge in [0.25, 0.3) is 5.69 Å². The second kappa shape index (κ2) is 9.50. The number of anilines is 1. The van der Waals surface area contributed by atoms with Gasteiger partial charge >= 0.3 is 5.97 Å². The SMILES string of the molecule is CCOC(=O)C1CCN(c2ccc(C=NN=C3NC(=O)CS3)cc2[N+](=O)[O-])CC1. The van der Waals surface area contributed by atoms with Crippen LogP contribution >= 0.6 is 11.8 Å². The number of nitrogens with zero attached hydrogens (tertiary/aromatic N) is 4. The maximum atomic E-state index is 11.9. The highest BCUT2D eigenvalue weighted by Gasteiger charge is 2.29. The van der Waals surface area contributed by atoms with Gasteiger partial charge in [0.2, 0.25) is 5.91 Å². The quantitative estimate of drug-likeness (QED) is 0.323. The minimum atomic E-state index is -0.428. The predicted molar refractivity (Wildman–Crippen MR) is 110 cm³/mol. The van der Waals surface area contributed by atoms with E-state index >= 15 is 0 Å². The number of rotatable bonds is 6. The first-order valence-electron chi connectivity index (χ1n) is 9.21. The minimum Gasteiger partial charge on any atom is -0.466 e. The van der Waals surface area contributed by atoms with Crippen molar-refractivity contribution in [3.05, 3.63) is 33.9 Å². The summed E-state index contributed by atoms with van der Waals surface area (Å²) in [6.45, 7) is 3.21. The highest BCUT2D eigenvalue weighted by atomic mass is 32.2. The van der Waals surface area contributed by atoms with Crippen LogP contribution in [0.15, 0.2) is 28.4 Å². The van der Waals surface area contributed by atoms with E-state index in [0.29, 0.717) is 54.7 Å². The van der Waals surface area contributed by atoms with Crippen LogP contribution in [-0.2, 0) is 14.3 Å². The molecule has 2 saturated heterocycles. The number of hydrogen-bond donors (Lipinski definition) is 1. The summed E-state index contributed by atoms with van der Waals surface area (Å²) in [4.78, 5) is 36.1. The molecule has 29 heavy (non-hydrogen) atoms. The van der Waals surface area contributed by atoms with E-state index in [9.17, 15) is 19.7 Å². The molecule has 2 fully saturated rings. The Labute approximate surface area is 171 Å². The van der Waals surface area contributed by atoms with E-state index in [2.05, 4.69) is 15.5 Å². The Balaban J connectivity index is 1.70. The molecule has 10 nitrogen and oxygen atoms in total. The molecule has 0 bridgehead atoms. The zero-order chi connectivity index (χ0) is 20.8. The van der Waals surface area contributed by atoms with Crippen LogP contribution in [0, 0.1) is 16.0 Å². The Morgan fingerprint density at radius 1 is 1.45 bits per heavy atom. The number of carbonyl (C=O) groups excluding carboxylic acids is 2. The Kier molecular flexibility index (Phi) is 6.81. The number of nitro benzene ring substituents is 1. The lowest BCUT2D eigenvalue weighted by Gasteiger charge is -2.32. The molecule has 1 aromatic rings. The van der Waals surface area contributed by atoms with E-state index in [4.69, 9.17) is 4.74 Å². The normalized spacial score (nSPS) is 19.0. The molecule has 0 unspecified atom stereocenters. The van der Waals surface area contributed by atoms with Crippen LogP contribution in [0.5, 0.6) is 0 Å². The Bertz CT molecular complexity index is 864. The van der Waals surface area contributed by atoms with E-state index in [1.807, 2.05) is 4.90 Å². The monoisotopic (exact) mass is 419 g/mol. The lowest BCUT2D eigenvalue weighted by molar-refractivity contribution is -0.384. The van der Waals surface area contributed by atoms with Crippen molar-refractivity contribution in [3.8, 4) is 0 Å². The van der Waals surface area contributed by atoms with E-state index < -0.39 is 4.92 Å². The first kappa shape index (κ1) is 20.8. The van der Waals surface area contributed by atoms with E-state index in [1.165, 1.54) is 24.0 Å². The molecule has 0 aliphatic carbocycles. The maximum Gasteiger partial charge on any atom is 0.309 e. The number of benzene rings is 1. The van der Waals surface area contributed by atoms with Crippen molar-refractivity contribution < 1.29 is 19.2 Å². The highest BCUT2D eigenvalue weighted by molar-refractivity contribution is 8.15. The van der Waals surface area contributed by atoms with Crippen molar-refractivity contribution >= 4 is 46.4 Å². The third-order valence-electron chi connectivity index (χ3n) is 4.59. The minimum absolute atomic E-state index is 0.0280. The molecule has 2 aliphatic rings. The molecule has 11 heteroatoms. The lowest BCUT2D eigenvalue weighted by Crippen LogP contribution is -2.37. The summed E-state index contributed by atoms with van der Waals surface area (Å²) in [7, 11) is 0. The van der Waals surface area contributed by atoms with Crippen LogP contribution in [0.25, 0.3) is 0 Å². The summed E-state index contributed by atoms with van der Waals surface area (Å²) >= 11 is 1.25. The smallest absolute Gasteiger partial charge is 0.309 e. The number of nitro groups is 1.